The second-order valence-electron chi connectivity index (χ2n) is 7.75. The zero-order valence-electron chi connectivity index (χ0n) is 16.3. The minimum absolute atomic E-state index is 0.0222. The first-order valence-corrected chi connectivity index (χ1v) is 11.0. The molecule has 1 aromatic heterocycles. The van der Waals surface area contributed by atoms with Crippen LogP contribution >= 0.6 is 11.3 Å². The molecule has 0 saturated carbocycles. The van der Waals surface area contributed by atoms with Crippen molar-refractivity contribution in [3.05, 3.63) is 40.8 Å². The van der Waals surface area contributed by atoms with Crippen LogP contribution in [0.5, 0.6) is 5.75 Å². The van der Waals surface area contributed by atoms with E-state index >= 15 is 0 Å². The van der Waals surface area contributed by atoms with Crippen molar-refractivity contribution in [3.8, 4) is 16.2 Å². The standard InChI is InChI=1S/C22H24N2O4S/c25-21(24-9-11-27-12-10-24)15-5-7-23(8-6-15)22(26)19-13-16-14-28-18-4-2-1-3-17(18)20(16)29-19/h1-4,13,15H,5-12,14H2. The maximum absolute atomic E-state index is 13.1. The largest absolute Gasteiger partial charge is 0.488 e. The van der Waals surface area contributed by atoms with Crippen LogP contribution in [0.15, 0.2) is 30.3 Å². The van der Waals surface area contributed by atoms with Crippen LogP contribution in [-0.2, 0) is 16.1 Å². The van der Waals surface area contributed by atoms with E-state index in [0.29, 0.717) is 46.0 Å². The molecule has 0 radical (unpaired) electrons. The van der Waals surface area contributed by atoms with Gasteiger partial charge >= 0.3 is 0 Å². The summed E-state index contributed by atoms with van der Waals surface area (Å²) in [4.78, 5) is 31.5. The first-order valence-electron chi connectivity index (χ1n) is 10.2. The van der Waals surface area contributed by atoms with E-state index in [0.717, 1.165) is 39.5 Å². The lowest BCUT2D eigenvalue weighted by Crippen LogP contribution is -2.47. The quantitative estimate of drug-likeness (QED) is 0.761. The number of nitrogens with zero attached hydrogens (tertiary/aromatic N) is 2. The number of benzene rings is 1. The second-order valence-corrected chi connectivity index (χ2v) is 8.81. The summed E-state index contributed by atoms with van der Waals surface area (Å²) < 4.78 is 11.2. The van der Waals surface area contributed by atoms with Crippen LogP contribution in [0.2, 0.25) is 0 Å². The molecular formula is C22H24N2O4S. The molecule has 2 aromatic rings. The van der Waals surface area contributed by atoms with Crippen molar-refractivity contribution in [2.24, 2.45) is 5.92 Å². The van der Waals surface area contributed by atoms with Crippen LogP contribution in [0.3, 0.4) is 0 Å². The molecule has 0 unspecified atom stereocenters. The Morgan fingerprint density at radius 2 is 1.76 bits per heavy atom. The van der Waals surface area contributed by atoms with Crippen molar-refractivity contribution < 1.29 is 19.1 Å². The third kappa shape index (κ3) is 3.53. The van der Waals surface area contributed by atoms with Gasteiger partial charge in [0.1, 0.15) is 12.4 Å². The lowest BCUT2D eigenvalue weighted by atomic mass is 9.95. The summed E-state index contributed by atoms with van der Waals surface area (Å²) in [7, 11) is 0. The predicted octanol–water partition coefficient (Wildman–Crippen LogP) is 3.02. The van der Waals surface area contributed by atoms with E-state index in [4.69, 9.17) is 9.47 Å². The summed E-state index contributed by atoms with van der Waals surface area (Å²) in [6.45, 7) is 4.39. The fraction of sp³-hybridized carbons (Fsp3) is 0.455. The number of likely N-dealkylation sites (tertiary alicyclic amines) is 1. The molecule has 0 N–H and O–H groups in total. The van der Waals surface area contributed by atoms with Crippen molar-refractivity contribution in [1.29, 1.82) is 0 Å². The van der Waals surface area contributed by atoms with Crippen LogP contribution in [0.4, 0.5) is 0 Å². The van der Waals surface area contributed by atoms with E-state index in [1.165, 1.54) is 0 Å². The van der Waals surface area contributed by atoms with Crippen molar-refractivity contribution >= 4 is 23.2 Å². The van der Waals surface area contributed by atoms with Gasteiger partial charge in [0.15, 0.2) is 0 Å². The summed E-state index contributed by atoms with van der Waals surface area (Å²) in [5.74, 6) is 1.19. The van der Waals surface area contributed by atoms with Gasteiger partial charge in [0.05, 0.1) is 18.1 Å². The summed E-state index contributed by atoms with van der Waals surface area (Å²) in [5, 5.41) is 0. The van der Waals surface area contributed by atoms with Crippen LogP contribution in [-0.4, -0.2) is 61.0 Å². The number of carbonyl (C=O) groups is 2. The van der Waals surface area contributed by atoms with E-state index in [2.05, 4.69) is 0 Å². The monoisotopic (exact) mass is 412 g/mol. The number of rotatable bonds is 2. The van der Waals surface area contributed by atoms with Gasteiger partial charge in [-0.15, -0.1) is 11.3 Å². The lowest BCUT2D eigenvalue weighted by Gasteiger charge is -2.35. The Labute approximate surface area is 174 Å². The molecule has 152 valence electrons. The van der Waals surface area contributed by atoms with Crippen LogP contribution < -0.4 is 4.74 Å². The first kappa shape index (κ1) is 18.6. The fourth-order valence-electron chi connectivity index (χ4n) is 4.33. The minimum Gasteiger partial charge on any atom is -0.488 e. The molecule has 0 bridgehead atoms. The molecule has 5 rings (SSSR count). The van der Waals surface area contributed by atoms with E-state index < -0.39 is 0 Å². The van der Waals surface area contributed by atoms with Crippen molar-refractivity contribution in [2.45, 2.75) is 19.4 Å². The van der Waals surface area contributed by atoms with E-state index in [-0.39, 0.29) is 17.7 Å². The van der Waals surface area contributed by atoms with Crippen LogP contribution in [0, 0.1) is 5.92 Å². The molecule has 3 aliphatic rings. The summed E-state index contributed by atoms with van der Waals surface area (Å²) in [6, 6.07) is 9.94. The maximum Gasteiger partial charge on any atom is 0.263 e. The molecule has 2 amide bonds. The van der Waals surface area contributed by atoms with Gasteiger partial charge in [0.2, 0.25) is 5.91 Å². The molecular weight excluding hydrogens is 388 g/mol. The molecule has 1 aromatic carbocycles. The maximum atomic E-state index is 13.1. The van der Waals surface area contributed by atoms with Gasteiger partial charge in [-0.3, -0.25) is 9.59 Å². The second kappa shape index (κ2) is 7.80. The van der Waals surface area contributed by atoms with Gasteiger partial charge in [-0.05, 0) is 31.0 Å². The van der Waals surface area contributed by atoms with Gasteiger partial charge in [0.25, 0.3) is 5.91 Å². The van der Waals surface area contributed by atoms with Gasteiger partial charge in [-0.25, -0.2) is 0 Å². The number of hydrogen-bond acceptors (Lipinski definition) is 5. The number of piperidine rings is 1. The molecule has 0 aliphatic carbocycles. The normalized spacial score (nSPS) is 19.3. The van der Waals surface area contributed by atoms with Gasteiger partial charge < -0.3 is 19.3 Å². The Bertz CT molecular complexity index is 927. The topological polar surface area (TPSA) is 59.1 Å². The Balaban J connectivity index is 1.25. The highest BCUT2D eigenvalue weighted by Crippen LogP contribution is 2.42. The Kier molecular flexibility index (Phi) is 5.01. The third-order valence-electron chi connectivity index (χ3n) is 5.99. The molecule has 7 heteroatoms. The Hall–Kier alpha value is -2.38. The van der Waals surface area contributed by atoms with Gasteiger partial charge in [-0.2, -0.15) is 0 Å². The smallest absolute Gasteiger partial charge is 0.263 e. The zero-order chi connectivity index (χ0) is 19.8. The van der Waals surface area contributed by atoms with Gasteiger partial charge in [0, 0.05) is 48.1 Å². The minimum atomic E-state index is 0.0222. The van der Waals surface area contributed by atoms with E-state index in [1.807, 2.05) is 40.1 Å². The van der Waals surface area contributed by atoms with Crippen LogP contribution in [0.1, 0.15) is 28.1 Å². The summed E-state index contributed by atoms with van der Waals surface area (Å²) in [6.07, 6.45) is 1.47. The number of ether oxygens (including phenoxy) is 2. The number of fused-ring (bicyclic) bond motifs is 3. The number of hydrogen-bond donors (Lipinski definition) is 0. The third-order valence-corrected chi connectivity index (χ3v) is 7.19. The number of para-hydroxylation sites is 1. The highest BCUT2D eigenvalue weighted by atomic mass is 32.1. The molecule has 0 atom stereocenters. The molecule has 29 heavy (non-hydrogen) atoms. The average molecular weight is 413 g/mol. The molecule has 6 nitrogen and oxygen atoms in total. The molecule has 2 saturated heterocycles. The Morgan fingerprint density at radius 1 is 1.00 bits per heavy atom. The zero-order valence-corrected chi connectivity index (χ0v) is 17.1. The number of amides is 2. The molecule has 2 fully saturated rings. The van der Waals surface area contributed by atoms with Crippen LogP contribution in [0.25, 0.3) is 10.4 Å². The fourth-order valence-corrected chi connectivity index (χ4v) is 5.50. The first-order chi connectivity index (χ1) is 14.2. The number of carbonyl (C=O) groups excluding carboxylic acids is 2. The molecule has 3 aliphatic heterocycles. The molecule has 4 heterocycles. The van der Waals surface area contributed by atoms with Gasteiger partial charge in [-0.1, -0.05) is 12.1 Å². The lowest BCUT2D eigenvalue weighted by molar-refractivity contribution is -0.141. The van der Waals surface area contributed by atoms with E-state index in [9.17, 15) is 9.59 Å². The predicted molar refractivity (Wildman–Crippen MR) is 110 cm³/mol. The Morgan fingerprint density at radius 3 is 2.55 bits per heavy atom. The SMILES string of the molecule is O=C(c1cc2c(s1)-c1ccccc1OC2)N1CCC(C(=O)N2CCOCC2)CC1. The summed E-state index contributed by atoms with van der Waals surface area (Å²) >= 11 is 1.55. The number of thiophene rings is 1. The molecule has 0 spiro atoms. The van der Waals surface area contributed by atoms with Crippen molar-refractivity contribution in [2.75, 3.05) is 39.4 Å². The highest BCUT2D eigenvalue weighted by molar-refractivity contribution is 7.17. The highest BCUT2D eigenvalue weighted by Gasteiger charge is 2.32. The van der Waals surface area contributed by atoms with E-state index in [1.54, 1.807) is 11.3 Å². The van der Waals surface area contributed by atoms with Crippen molar-refractivity contribution in [3.63, 3.8) is 0 Å². The average Bonchev–Trinajstić information content (AvgIpc) is 3.24. The van der Waals surface area contributed by atoms with Crippen molar-refractivity contribution in [1.82, 2.24) is 9.80 Å². The summed E-state index contributed by atoms with van der Waals surface area (Å²) in [5.41, 5.74) is 2.14. The number of morpholine rings is 1.